The van der Waals surface area contributed by atoms with E-state index in [0.717, 1.165) is 122 Å². The minimum Gasteiger partial charge on any atom is -0.870 e. The number of carbonyl (C=O) groups excluding carboxylic acids is 2. The largest absolute Gasteiger partial charge is 1.00 e. The van der Waals surface area contributed by atoms with E-state index < -0.39 is 5.97 Å². The van der Waals surface area contributed by atoms with Gasteiger partial charge in [-0.25, -0.2) is 44.3 Å². The zero-order valence-electron chi connectivity index (χ0n) is 47.6. The Hall–Kier alpha value is -7.37. The smallest absolute Gasteiger partial charge is 0.870 e. The van der Waals surface area contributed by atoms with Gasteiger partial charge in [0.25, 0.3) is 0 Å². The number of fused-ring (bicyclic) bond motifs is 3. The number of ether oxygens (including phenoxy) is 2. The Kier molecular flexibility index (Phi) is 23.0. The molecule has 9 aromatic rings. The second kappa shape index (κ2) is 30.3. The second-order valence-electron chi connectivity index (χ2n) is 19.8. The van der Waals surface area contributed by atoms with Crippen LogP contribution in [0.15, 0.2) is 150 Å². The molecule has 3 aromatic heterocycles. The van der Waals surface area contributed by atoms with E-state index in [0.29, 0.717) is 37.8 Å². The Morgan fingerprint density at radius 2 is 0.783 bits per heavy atom. The number of aromatic nitrogens is 6. The minimum absolute atomic E-state index is 0. The Bertz CT molecular complexity index is 3630. The summed E-state index contributed by atoms with van der Waals surface area (Å²) in [6, 6.07) is 45.3. The molecule has 0 saturated carbocycles. The molecule has 3 saturated heterocycles. The fraction of sp³-hybridized carbons (Fsp3) is 0.274. The van der Waals surface area contributed by atoms with E-state index in [1.165, 1.54) is 27.3 Å². The normalized spacial score (nSPS) is 14.5. The summed E-state index contributed by atoms with van der Waals surface area (Å²) in [6.45, 7) is 12.2. The molecule has 3 N–H and O–H groups in total. The summed E-state index contributed by atoms with van der Waals surface area (Å²) in [6.07, 6.45) is 0. The number of esters is 2. The average Bonchev–Trinajstić information content (AvgIpc) is 3.30. The molecule has 424 valence electrons. The number of carboxylic acids is 1. The van der Waals surface area contributed by atoms with Gasteiger partial charge in [-0.15, -0.1) is 0 Å². The maximum absolute atomic E-state index is 11.9. The minimum atomic E-state index is -0.956. The van der Waals surface area contributed by atoms with E-state index in [9.17, 15) is 19.5 Å². The third kappa shape index (κ3) is 16.3. The van der Waals surface area contributed by atoms with Gasteiger partial charge in [0.1, 0.15) is 21.7 Å². The number of anilines is 2. The molecule has 19 nitrogen and oxygen atoms in total. The number of halogens is 1. The number of carbonyl (C=O) groups is 3. The Morgan fingerprint density at radius 3 is 1.14 bits per heavy atom. The first-order valence-corrected chi connectivity index (χ1v) is 27.6. The molecule has 21 heteroatoms. The van der Waals surface area contributed by atoms with Gasteiger partial charge in [0.05, 0.1) is 64.0 Å². The number of carboxylic acid groups (broad SMARTS) is 1. The van der Waals surface area contributed by atoms with Crippen molar-refractivity contribution in [3.05, 3.63) is 167 Å². The molecule has 3 aliphatic heterocycles. The summed E-state index contributed by atoms with van der Waals surface area (Å²) in [5, 5.41) is 12.5. The maximum Gasteiger partial charge on any atom is 1.00 e. The maximum atomic E-state index is 11.9. The fourth-order valence-electron chi connectivity index (χ4n) is 9.36. The average molecular weight is 1190 g/mol. The standard InChI is InChI=1S/C21H22N4O2.C20H20N4O2.C16H11BrN2O2.C5H12N2.Na.H2O/c1-24-10-12-25(13-11-24)20-19(15-6-4-3-5-7-15)22-17-9-8-16(21(26)27-2)14-18(17)23-20;1-23-9-11-24(12-10-23)19-18(14-5-3-2-4-6-14)21-16-8-7-15(20(25)26)13-17(16)22-19;1-21-16(20)11-7-8-12-13(9-11)19-15(17)14(18-12)10-5-3-2-4-6-10;1-7-4-2-6-3-5-7;;/h3-9,14H,10-13H2,1-2H3;2-8,13H,9-12H2,1H3,(H,25,26);2-9H,1H3;6H,2-5H2,1H3;;1H2/q;;;;+1;/p-1. The third-order valence-corrected chi connectivity index (χ3v) is 14.6. The summed E-state index contributed by atoms with van der Waals surface area (Å²) in [4.78, 5) is 74.7. The molecule has 83 heavy (non-hydrogen) atoms. The molecular formula is C62H66BrN12NaO7. The number of rotatable bonds is 8. The molecule has 6 heterocycles. The second-order valence-corrected chi connectivity index (χ2v) is 20.5. The van der Waals surface area contributed by atoms with Crippen LogP contribution in [0.4, 0.5) is 11.6 Å². The van der Waals surface area contributed by atoms with Crippen LogP contribution in [0.5, 0.6) is 0 Å². The summed E-state index contributed by atoms with van der Waals surface area (Å²) >= 11 is 3.44. The van der Waals surface area contributed by atoms with E-state index >= 15 is 0 Å². The number of aromatic carboxylic acids is 1. The molecule has 0 unspecified atom stereocenters. The van der Waals surface area contributed by atoms with Gasteiger partial charge in [0.2, 0.25) is 0 Å². The molecule has 0 bridgehead atoms. The van der Waals surface area contributed by atoms with E-state index in [1.807, 2.05) is 84.9 Å². The fourth-order valence-corrected chi connectivity index (χ4v) is 9.87. The zero-order chi connectivity index (χ0) is 56.8. The van der Waals surface area contributed by atoms with Crippen LogP contribution < -0.4 is 44.7 Å². The first-order valence-electron chi connectivity index (χ1n) is 26.8. The Balaban J connectivity index is 0.000000168. The SMILES string of the molecule is CN1CCN(c2nc3cc(C(=O)O)ccc3nc2-c2ccccc2)CC1.CN1CCNCC1.COC(=O)c1ccc2nc(-c3ccccc3)c(Br)nc2c1.COC(=O)c1ccc2nc(-c3ccccc3)c(N3CCN(C)CC3)nc2c1.[Na+].[OH-]. The molecule has 0 atom stereocenters. The van der Waals surface area contributed by atoms with E-state index in [2.05, 4.69) is 89.0 Å². The van der Waals surface area contributed by atoms with Crippen molar-refractivity contribution in [3.63, 3.8) is 0 Å². The van der Waals surface area contributed by atoms with Crippen molar-refractivity contribution in [3.8, 4) is 33.8 Å². The van der Waals surface area contributed by atoms with Crippen LogP contribution in [-0.4, -0.2) is 187 Å². The van der Waals surface area contributed by atoms with Crippen molar-refractivity contribution < 1.29 is 64.0 Å². The summed E-state index contributed by atoms with van der Waals surface area (Å²) in [5.41, 5.74) is 10.8. The van der Waals surface area contributed by atoms with Gasteiger partial charge < -0.3 is 49.9 Å². The third-order valence-electron chi connectivity index (χ3n) is 14.1. The molecule has 3 fully saturated rings. The van der Waals surface area contributed by atoms with Crippen LogP contribution in [0.25, 0.3) is 66.9 Å². The van der Waals surface area contributed by atoms with Crippen molar-refractivity contribution in [2.45, 2.75) is 0 Å². The molecule has 12 rings (SSSR count). The predicted molar refractivity (Wildman–Crippen MR) is 324 cm³/mol. The van der Waals surface area contributed by atoms with Crippen LogP contribution in [-0.2, 0) is 9.47 Å². The van der Waals surface area contributed by atoms with E-state index in [4.69, 9.17) is 29.4 Å². The van der Waals surface area contributed by atoms with Crippen LogP contribution in [0.1, 0.15) is 31.1 Å². The van der Waals surface area contributed by atoms with Gasteiger partial charge in [-0.3, -0.25) is 0 Å². The van der Waals surface area contributed by atoms with Crippen LogP contribution in [0.3, 0.4) is 0 Å². The van der Waals surface area contributed by atoms with Gasteiger partial charge in [0, 0.05) is 95.2 Å². The van der Waals surface area contributed by atoms with Gasteiger partial charge in [-0.2, -0.15) is 0 Å². The van der Waals surface area contributed by atoms with Crippen molar-refractivity contribution in [2.75, 3.05) is 124 Å². The summed E-state index contributed by atoms with van der Waals surface area (Å²) in [5.74, 6) is -0.0286. The Labute approximate surface area is 513 Å². The van der Waals surface area contributed by atoms with Crippen LogP contribution in [0.2, 0.25) is 0 Å². The Morgan fingerprint density at radius 1 is 0.446 bits per heavy atom. The monoisotopic (exact) mass is 1190 g/mol. The number of methoxy groups -OCH3 is 2. The van der Waals surface area contributed by atoms with Gasteiger partial charge in [0.15, 0.2) is 11.6 Å². The molecule has 6 aromatic carbocycles. The van der Waals surface area contributed by atoms with Crippen molar-refractivity contribution in [2.24, 2.45) is 0 Å². The predicted octanol–water partition coefficient (Wildman–Crippen LogP) is 5.78. The van der Waals surface area contributed by atoms with Crippen LogP contribution >= 0.6 is 15.9 Å². The first-order chi connectivity index (χ1) is 39.3. The van der Waals surface area contributed by atoms with Gasteiger partial charge in [-0.1, -0.05) is 91.0 Å². The van der Waals surface area contributed by atoms with Crippen molar-refractivity contribution in [1.29, 1.82) is 0 Å². The van der Waals surface area contributed by atoms with Gasteiger partial charge >= 0.3 is 47.5 Å². The van der Waals surface area contributed by atoms with E-state index in [-0.39, 0.29) is 52.5 Å². The molecule has 0 radical (unpaired) electrons. The quantitative estimate of drug-likeness (QED) is 0.136. The number of hydrogen-bond acceptors (Lipinski definition) is 18. The molecule has 0 aliphatic carbocycles. The summed E-state index contributed by atoms with van der Waals surface area (Å²) < 4.78 is 10.2. The number of nitrogens with zero attached hydrogens (tertiary/aromatic N) is 11. The van der Waals surface area contributed by atoms with Gasteiger partial charge in [-0.05, 0) is 91.7 Å². The molecule has 3 aliphatic rings. The number of piperazine rings is 3. The first kappa shape index (κ1) is 63.2. The number of nitrogens with one attached hydrogen (secondary N) is 1. The number of likely N-dealkylation sites (N-methyl/N-ethyl adjacent to an activating group) is 3. The zero-order valence-corrected chi connectivity index (χ0v) is 51.2. The topological polar surface area (TPSA) is 225 Å². The number of benzene rings is 6. The molecular weight excluding hydrogens is 1130 g/mol. The number of hydrogen-bond donors (Lipinski definition) is 2. The van der Waals surface area contributed by atoms with Crippen molar-refractivity contribution in [1.82, 2.24) is 49.9 Å². The van der Waals surface area contributed by atoms with E-state index in [1.54, 1.807) is 48.5 Å². The molecule has 0 spiro atoms. The summed E-state index contributed by atoms with van der Waals surface area (Å²) in [7, 11) is 9.13. The van der Waals surface area contributed by atoms with Crippen molar-refractivity contribution >= 4 is 78.6 Å². The molecule has 0 amide bonds. The van der Waals surface area contributed by atoms with Crippen LogP contribution in [0, 0.1) is 0 Å².